The van der Waals surface area contributed by atoms with Crippen molar-refractivity contribution in [3.8, 4) is 11.1 Å². The minimum absolute atomic E-state index is 0.0732. The van der Waals surface area contributed by atoms with Crippen LogP contribution in [0.2, 0.25) is 0 Å². The highest BCUT2D eigenvalue weighted by Crippen LogP contribution is 2.44. The maximum atomic E-state index is 13.0. The zero-order valence-electron chi connectivity index (χ0n) is 24.9. The van der Waals surface area contributed by atoms with Crippen LogP contribution in [0.5, 0.6) is 0 Å². The summed E-state index contributed by atoms with van der Waals surface area (Å²) in [7, 11) is 0. The number of carbonyl (C=O) groups excluding carboxylic acids is 4. The van der Waals surface area contributed by atoms with Gasteiger partial charge in [0.25, 0.3) is 0 Å². The molecule has 0 heterocycles. The third-order valence-corrected chi connectivity index (χ3v) is 8.12. The molecule has 0 unspecified atom stereocenters. The third-order valence-electron chi connectivity index (χ3n) is 7.28. The molecule has 3 aromatic rings. The van der Waals surface area contributed by atoms with E-state index in [-0.39, 0.29) is 30.9 Å². The van der Waals surface area contributed by atoms with E-state index in [1.165, 1.54) is 18.7 Å². The van der Waals surface area contributed by atoms with Gasteiger partial charge in [0.15, 0.2) is 0 Å². The van der Waals surface area contributed by atoms with Crippen molar-refractivity contribution in [3.63, 3.8) is 0 Å². The summed E-state index contributed by atoms with van der Waals surface area (Å²) in [4.78, 5) is 49.0. The van der Waals surface area contributed by atoms with Gasteiger partial charge in [-0.1, -0.05) is 78.9 Å². The van der Waals surface area contributed by atoms with Gasteiger partial charge in [0.1, 0.15) is 19.3 Å². The molecule has 3 N–H and O–H groups in total. The molecule has 1 aliphatic rings. The molecule has 1 aliphatic carbocycles. The van der Waals surface area contributed by atoms with E-state index in [0.29, 0.717) is 43.9 Å². The lowest BCUT2D eigenvalue weighted by atomic mass is 9.98. The normalized spacial score (nSPS) is 12.4. The molecule has 0 aliphatic heterocycles. The minimum atomic E-state index is -0.893. The predicted octanol–water partition coefficient (Wildman–Crippen LogP) is 5.14. The predicted molar refractivity (Wildman–Crippen MR) is 171 cm³/mol. The highest BCUT2D eigenvalue weighted by atomic mass is 32.2. The van der Waals surface area contributed by atoms with Crippen LogP contribution in [0.15, 0.2) is 78.9 Å². The van der Waals surface area contributed by atoms with Gasteiger partial charge in [-0.25, -0.2) is 9.59 Å². The maximum Gasteiger partial charge on any atom is 0.407 e. The molecule has 4 rings (SSSR count). The quantitative estimate of drug-likeness (QED) is 0.116. The average molecular weight is 618 g/mol. The number of esters is 1. The Kier molecular flexibility index (Phi) is 12.7. The van der Waals surface area contributed by atoms with Gasteiger partial charge in [-0.05, 0) is 47.1 Å². The second-order valence-corrected chi connectivity index (χ2v) is 11.6. The van der Waals surface area contributed by atoms with Gasteiger partial charge in [0, 0.05) is 31.6 Å². The van der Waals surface area contributed by atoms with Crippen molar-refractivity contribution >= 4 is 35.6 Å². The van der Waals surface area contributed by atoms with Gasteiger partial charge in [-0.15, -0.1) is 11.8 Å². The van der Waals surface area contributed by atoms with Crippen LogP contribution in [-0.2, 0) is 30.5 Å². The van der Waals surface area contributed by atoms with Gasteiger partial charge in [0.05, 0.1) is 5.88 Å². The Morgan fingerprint density at radius 2 is 1.48 bits per heavy atom. The Bertz CT molecular complexity index is 1370. The Morgan fingerprint density at radius 1 is 0.818 bits per heavy atom. The summed E-state index contributed by atoms with van der Waals surface area (Å²) in [5, 5.41) is 8.27. The fourth-order valence-electron chi connectivity index (χ4n) is 5.04. The molecule has 0 radical (unpaired) electrons. The number of carbonyl (C=O) groups is 4. The number of fused-ring (bicyclic) bond motifs is 3. The van der Waals surface area contributed by atoms with Crippen molar-refractivity contribution in [2.45, 2.75) is 51.2 Å². The number of ether oxygens (including phenoxy) is 2. The first-order valence-corrected chi connectivity index (χ1v) is 16.0. The molecule has 3 aromatic carbocycles. The van der Waals surface area contributed by atoms with Gasteiger partial charge in [-0.3, -0.25) is 9.59 Å². The van der Waals surface area contributed by atoms with Crippen LogP contribution in [0.1, 0.15) is 55.2 Å². The smallest absolute Gasteiger partial charge is 0.407 e. The molecular formula is C34H39N3O6S. The zero-order chi connectivity index (χ0) is 31.1. The summed E-state index contributed by atoms with van der Waals surface area (Å²) in [6.07, 6.45) is 1.20. The van der Waals surface area contributed by atoms with E-state index in [9.17, 15) is 19.2 Å². The van der Waals surface area contributed by atoms with Crippen molar-refractivity contribution in [1.29, 1.82) is 0 Å². The molecule has 232 valence electrons. The number of nitrogens with one attached hydrogen (secondary N) is 3. The first-order valence-electron chi connectivity index (χ1n) is 14.8. The monoisotopic (exact) mass is 617 g/mol. The fraction of sp³-hybridized carbons (Fsp3) is 0.353. The molecule has 44 heavy (non-hydrogen) atoms. The van der Waals surface area contributed by atoms with Gasteiger partial charge in [0.2, 0.25) is 11.8 Å². The van der Waals surface area contributed by atoms with E-state index in [1.54, 1.807) is 0 Å². The van der Waals surface area contributed by atoms with Crippen LogP contribution in [0.25, 0.3) is 11.1 Å². The van der Waals surface area contributed by atoms with Crippen molar-refractivity contribution in [3.05, 3.63) is 95.6 Å². The van der Waals surface area contributed by atoms with Gasteiger partial charge in [-0.2, -0.15) is 0 Å². The Morgan fingerprint density at radius 3 is 2.16 bits per heavy atom. The molecule has 0 aromatic heterocycles. The van der Waals surface area contributed by atoms with Crippen LogP contribution in [0.3, 0.4) is 0 Å². The zero-order valence-corrected chi connectivity index (χ0v) is 25.7. The first-order chi connectivity index (χ1) is 21.4. The van der Waals surface area contributed by atoms with Crippen molar-refractivity contribution in [1.82, 2.24) is 16.0 Å². The maximum absolute atomic E-state index is 13.0. The number of benzene rings is 3. The molecule has 0 spiro atoms. The Balaban J connectivity index is 1.26. The highest BCUT2D eigenvalue weighted by molar-refractivity contribution is 7.99. The molecule has 9 nitrogen and oxygen atoms in total. The van der Waals surface area contributed by atoms with E-state index >= 15 is 0 Å². The summed E-state index contributed by atoms with van der Waals surface area (Å²) in [5.74, 6) is 0.270. The number of hydrogen-bond acceptors (Lipinski definition) is 7. The molecular weight excluding hydrogens is 578 g/mol. The highest BCUT2D eigenvalue weighted by Gasteiger charge is 2.30. The van der Waals surface area contributed by atoms with E-state index in [1.807, 2.05) is 54.6 Å². The third kappa shape index (κ3) is 9.87. The van der Waals surface area contributed by atoms with Gasteiger partial charge < -0.3 is 25.4 Å². The number of alkyl carbamates (subject to hydrolysis) is 1. The summed E-state index contributed by atoms with van der Waals surface area (Å²) < 4.78 is 11.2. The van der Waals surface area contributed by atoms with Crippen LogP contribution in [0, 0.1) is 0 Å². The average Bonchev–Trinajstić information content (AvgIpc) is 3.35. The SMILES string of the molecule is CC(=O)NCSCCC(=O)NCCCC[C@H](NC(=O)OCC1c2ccccc2-c2ccccc21)C(=O)OCc1ccccc1. The number of unbranched alkanes of at least 4 members (excludes halogenated alkanes) is 1. The number of amides is 3. The first kappa shape index (κ1) is 32.6. The summed E-state index contributed by atoms with van der Waals surface area (Å²) in [5.41, 5.74) is 5.33. The lowest BCUT2D eigenvalue weighted by Gasteiger charge is -2.19. The summed E-state index contributed by atoms with van der Waals surface area (Å²) in [6.45, 7) is 2.14. The van der Waals surface area contributed by atoms with Crippen LogP contribution in [-0.4, -0.2) is 54.7 Å². The Labute approximate surface area is 262 Å². The molecule has 0 saturated heterocycles. The summed E-state index contributed by atoms with van der Waals surface area (Å²) >= 11 is 1.48. The minimum Gasteiger partial charge on any atom is -0.459 e. The molecule has 3 amide bonds. The van der Waals surface area contributed by atoms with Crippen LogP contribution in [0.4, 0.5) is 4.79 Å². The fourth-order valence-corrected chi connectivity index (χ4v) is 5.82. The second-order valence-electron chi connectivity index (χ2n) is 10.5. The molecule has 0 saturated carbocycles. The summed E-state index contributed by atoms with van der Waals surface area (Å²) in [6, 6.07) is 24.6. The standard InChI is InChI=1S/C34H39N3O6S/c1-24(38)36-23-44-20-18-32(39)35-19-10-9-17-31(33(40)42-21-25-11-3-2-4-12-25)37-34(41)43-22-30-28-15-7-5-13-26(28)27-14-6-8-16-29(27)30/h2-8,11-16,30-31H,9-10,17-23H2,1H3,(H,35,39)(H,36,38)(H,37,41)/t31-/m0/s1. The van der Waals surface area contributed by atoms with E-state index in [2.05, 4.69) is 40.2 Å². The lowest BCUT2D eigenvalue weighted by Crippen LogP contribution is -2.42. The molecule has 0 fully saturated rings. The number of thioether (sulfide) groups is 1. The Hall–Kier alpha value is -4.31. The van der Waals surface area contributed by atoms with E-state index in [4.69, 9.17) is 9.47 Å². The van der Waals surface area contributed by atoms with Crippen LogP contribution >= 0.6 is 11.8 Å². The lowest BCUT2D eigenvalue weighted by molar-refractivity contribution is -0.147. The molecule has 10 heteroatoms. The van der Waals surface area contributed by atoms with Crippen molar-refractivity contribution in [2.75, 3.05) is 24.8 Å². The largest absolute Gasteiger partial charge is 0.459 e. The molecule has 0 bridgehead atoms. The topological polar surface area (TPSA) is 123 Å². The second kappa shape index (κ2) is 17.1. The number of rotatable bonds is 16. The van der Waals surface area contributed by atoms with E-state index in [0.717, 1.165) is 27.8 Å². The van der Waals surface area contributed by atoms with E-state index < -0.39 is 18.1 Å². The van der Waals surface area contributed by atoms with Crippen molar-refractivity contribution in [2.24, 2.45) is 0 Å². The van der Waals surface area contributed by atoms with Crippen molar-refractivity contribution < 1.29 is 28.7 Å². The molecule has 1 atom stereocenters. The number of hydrogen-bond donors (Lipinski definition) is 3. The van der Waals surface area contributed by atoms with Gasteiger partial charge >= 0.3 is 12.1 Å². The van der Waals surface area contributed by atoms with Crippen LogP contribution < -0.4 is 16.0 Å².